The zero-order valence-electron chi connectivity index (χ0n) is 12.2. The Morgan fingerprint density at radius 2 is 2.26 bits per heavy atom. The minimum Gasteiger partial charge on any atom is -0.464 e. The molecule has 0 fully saturated rings. The van der Waals surface area contributed by atoms with Crippen LogP contribution in [-0.2, 0) is 11.3 Å². The second kappa shape index (κ2) is 5.38. The van der Waals surface area contributed by atoms with Gasteiger partial charge in [0.05, 0.1) is 18.4 Å². The summed E-state index contributed by atoms with van der Waals surface area (Å²) in [5.74, 6) is -0.646. The van der Waals surface area contributed by atoms with Crippen LogP contribution in [0.25, 0.3) is 5.69 Å². The molecule has 0 saturated carbocycles. The van der Waals surface area contributed by atoms with Gasteiger partial charge in [0.15, 0.2) is 5.69 Å². The van der Waals surface area contributed by atoms with E-state index in [0.29, 0.717) is 17.9 Å². The van der Waals surface area contributed by atoms with Gasteiger partial charge in [0.25, 0.3) is 0 Å². The minimum atomic E-state index is -0.646. The van der Waals surface area contributed by atoms with Crippen molar-refractivity contribution in [2.75, 3.05) is 18.2 Å². The van der Waals surface area contributed by atoms with E-state index in [9.17, 15) is 9.59 Å². The second-order valence-corrected chi connectivity index (χ2v) is 4.93. The van der Waals surface area contributed by atoms with Crippen LogP contribution in [0.5, 0.6) is 0 Å². The molecule has 0 bridgehead atoms. The SMILES string of the molecule is COC(=O)c1c(N)c(C#N)cn1-c1ccc2c(c1)NC(=O)NC2. The Morgan fingerprint density at radius 3 is 2.96 bits per heavy atom. The Morgan fingerprint density at radius 1 is 1.48 bits per heavy atom. The van der Waals surface area contributed by atoms with Gasteiger partial charge in [-0.1, -0.05) is 6.07 Å². The minimum absolute atomic E-state index is 0.0581. The number of urea groups is 1. The lowest BCUT2D eigenvalue weighted by Gasteiger charge is -2.19. The van der Waals surface area contributed by atoms with E-state index in [2.05, 4.69) is 10.6 Å². The Labute approximate surface area is 131 Å². The lowest BCUT2D eigenvalue weighted by molar-refractivity contribution is 0.0593. The lowest BCUT2D eigenvalue weighted by atomic mass is 10.1. The van der Waals surface area contributed by atoms with Crippen LogP contribution < -0.4 is 16.4 Å². The number of nitriles is 1. The molecule has 0 aliphatic carbocycles. The fourth-order valence-electron chi connectivity index (χ4n) is 2.45. The zero-order valence-corrected chi connectivity index (χ0v) is 12.2. The average molecular weight is 311 g/mol. The van der Waals surface area contributed by atoms with E-state index >= 15 is 0 Å². The number of aromatic nitrogens is 1. The quantitative estimate of drug-likeness (QED) is 0.723. The number of rotatable bonds is 2. The number of nitrogens with two attached hydrogens (primary N) is 1. The van der Waals surface area contributed by atoms with Crippen molar-refractivity contribution in [1.82, 2.24) is 9.88 Å². The molecule has 116 valence electrons. The highest BCUT2D eigenvalue weighted by molar-refractivity contribution is 5.96. The highest BCUT2D eigenvalue weighted by Crippen LogP contribution is 2.28. The molecule has 23 heavy (non-hydrogen) atoms. The number of carbonyl (C=O) groups is 2. The number of hydrogen-bond donors (Lipinski definition) is 3. The highest BCUT2D eigenvalue weighted by Gasteiger charge is 2.22. The van der Waals surface area contributed by atoms with Crippen LogP contribution >= 0.6 is 0 Å². The third-order valence-corrected chi connectivity index (χ3v) is 3.60. The largest absolute Gasteiger partial charge is 0.464 e. The van der Waals surface area contributed by atoms with Crippen molar-refractivity contribution in [3.63, 3.8) is 0 Å². The van der Waals surface area contributed by atoms with Crippen LogP contribution in [0, 0.1) is 11.3 Å². The summed E-state index contributed by atoms with van der Waals surface area (Å²) in [6.07, 6.45) is 1.46. The Hall–Kier alpha value is -3.47. The van der Waals surface area contributed by atoms with Crippen molar-refractivity contribution in [2.45, 2.75) is 6.54 Å². The maximum absolute atomic E-state index is 12.0. The molecule has 0 spiro atoms. The Bertz CT molecular complexity index is 863. The molecule has 1 aromatic heterocycles. The van der Waals surface area contributed by atoms with Crippen LogP contribution in [0.15, 0.2) is 24.4 Å². The van der Waals surface area contributed by atoms with Crippen molar-refractivity contribution < 1.29 is 14.3 Å². The molecule has 8 nitrogen and oxygen atoms in total. The molecule has 8 heteroatoms. The molecule has 2 amide bonds. The summed E-state index contributed by atoms with van der Waals surface area (Å²) in [5, 5.41) is 14.5. The number of hydrogen-bond acceptors (Lipinski definition) is 5. The molecule has 0 unspecified atom stereocenters. The van der Waals surface area contributed by atoms with Crippen LogP contribution in [-0.4, -0.2) is 23.7 Å². The van der Waals surface area contributed by atoms with E-state index < -0.39 is 5.97 Å². The smallest absolute Gasteiger partial charge is 0.357 e. The fraction of sp³-hybridized carbons (Fsp3) is 0.133. The highest BCUT2D eigenvalue weighted by atomic mass is 16.5. The van der Waals surface area contributed by atoms with E-state index in [1.807, 2.05) is 12.1 Å². The first-order chi connectivity index (χ1) is 11.0. The normalized spacial score (nSPS) is 12.6. The first-order valence-corrected chi connectivity index (χ1v) is 6.72. The van der Waals surface area contributed by atoms with Crippen molar-refractivity contribution >= 4 is 23.4 Å². The predicted octanol–water partition coefficient (Wildman–Crippen LogP) is 1.35. The van der Waals surface area contributed by atoms with Crippen molar-refractivity contribution in [3.05, 3.63) is 41.2 Å². The van der Waals surface area contributed by atoms with Gasteiger partial charge in [0.1, 0.15) is 6.07 Å². The van der Waals surface area contributed by atoms with E-state index in [1.54, 1.807) is 12.1 Å². The Balaban J connectivity index is 2.16. The summed E-state index contributed by atoms with van der Waals surface area (Å²) in [6.45, 7) is 0.419. The number of benzene rings is 1. The molecule has 3 rings (SSSR count). The molecular formula is C15H13N5O3. The van der Waals surface area contributed by atoms with Gasteiger partial charge in [0, 0.05) is 24.1 Å². The molecule has 2 aromatic rings. The number of anilines is 2. The van der Waals surface area contributed by atoms with Crippen LogP contribution in [0.1, 0.15) is 21.6 Å². The zero-order chi connectivity index (χ0) is 16.6. The van der Waals surface area contributed by atoms with E-state index in [4.69, 9.17) is 15.7 Å². The molecule has 0 saturated heterocycles. The van der Waals surface area contributed by atoms with Crippen molar-refractivity contribution in [1.29, 1.82) is 5.26 Å². The second-order valence-electron chi connectivity index (χ2n) is 4.93. The van der Waals surface area contributed by atoms with E-state index in [-0.39, 0.29) is 23.0 Å². The summed E-state index contributed by atoms with van der Waals surface area (Å²) >= 11 is 0. The number of methoxy groups -OCH3 is 1. The standard InChI is InChI=1S/C15H13N5O3/c1-23-14(21)13-12(17)9(5-16)7-20(13)10-3-2-8-6-18-15(22)19-11(8)4-10/h2-4,7H,6,17H2,1H3,(H2,18,19,22). The monoisotopic (exact) mass is 311 g/mol. The van der Waals surface area contributed by atoms with E-state index in [0.717, 1.165) is 5.56 Å². The fourth-order valence-corrected chi connectivity index (χ4v) is 2.45. The average Bonchev–Trinajstić information content (AvgIpc) is 2.90. The number of nitrogens with one attached hydrogen (secondary N) is 2. The van der Waals surface area contributed by atoms with Gasteiger partial charge >= 0.3 is 12.0 Å². The van der Waals surface area contributed by atoms with Crippen LogP contribution in [0.2, 0.25) is 0 Å². The Kier molecular flexibility index (Phi) is 3.38. The van der Waals surface area contributed by atoms with Gasteiger partial charge in [-0.25, -0.2) is 9.59 Å². The number of ether oxygens (including phenoxy) is 1. The van der Waals surface area contributed by atoms with Crippen LogP contribution in [0.3, 0.4) is 0 Å². The summed E-state index contributed by atoms with van der Waals surface area (Å²) < 4.78 is 6.22. The maximum atomic E-state index is 12.0. The number of carbonyl (C=O) groups excluding carboxylic acids is 2. The van der Waals surface area contributed by atoms with E-state index in [1.165, 1.54) is 17.9 Å². The molecule has 0 atom stereocenters. The van der Waals surface area contributed by atoms with Gasteiger partial charge in [-0.15, -0.1) is 0 Å². The molecule has 1 aliphatic heterocycles. The molecule has 4 N–H and O–H groups in total. The van der Waals surface area contributed by atoms with Gasteiger partial charge in [-0.3, -0.25) is 0 Å². The summed E-state index contributed by atoms with van der Waals surface area (Å²) in [5.41, 5.74) is 8.30. The number of nitrogens with zero attached hydrogens (tertiary/aromatic N) is 2. The van der Waals surface area contributed by atoms with Gasteiger partial charge in [0.2, 0.25) is 0 Å². The van der Waals surface area contributed by atoms with Gasteiger partial charge in [-0.2, -0.15) is 5.26 Å². The first kappa shape index (κ1) is 14.5. The van der Waals surface area contributed by atoms with Crippen molar-refractivity contribution in [2.24, 2.45) is 0 Å². The number of fused-ring (bicyclic) bond motifs is 1. The third-order valence-electron chi connectivity index (χ3n) is 3.60. The maximum Gasteiger partial charge on any atom is 0.357 e. The van der Waals surface area contributed by atoms with Crippen LogP contribution in [0.4, 0.5) is 16.2 Å². The first-order valence-electron chi connectivity index (χ1n) is 6.72. The molecule has 1 aliphatic rings. The number of amides is 2. The predicted molar refractivity (Wildman–Crippen MR) is 82.1 cm³/mol. The summed E-state index contributed by atoms with van der Waals surface area (Å²) in [6, 6.07) is 6.94. The number of nitrogen functional groups attached to an aromatic ring is 1. The third kappa shape index (κ3) is 2.34. The molecular weight excluding hydrogens is 298 g/mol. The lowest BCUT2D eigenvalue weighted by Crippen LogP contribution is -2.33. The van der Waals surface area contributed by atoms with Crippen molar-refractivity contribution in [3.8, 4) is 11.8 Å². The molecule has 2 heterocycles. The summed E-state index contributed by atoms with van der Waals surface area (Å²) in [4.78, 5) is 23.4. The summed E-state index contributed by atoms with van der Waals surface area (Å²) in [7, 11) is 1.24. The topological polar surface area (TPSA) is 122 Å². The molecule has 1 aromatic carbocycles. The molecule has 0 radical (unpaired) electrons. The number of esters is 1. The van der Waals surface area contributed by atoms with Gasteiger partial charge < -0.3 is 25.7 Å². The van der Waals surface area contributed by atoms with Gasteiger partial charge in [-0.05, 0) is 17.7 Å².